The lowest BCUT2D eigenvalue weighted by atomic mass is 10.2. The van der Waals surface area contributed by atoms with Crippen LogP contribution in [0.1, 0.15) is 25.3 Å². The summed E-state index contributed by atoms with van der Waals surface area (Å²) in [6, 6.07) is 3.39. The Hall–Kier alpha value is -1.95. The van der Waals surface area contributed by atoms with Gasteiger partial charge in [0.15, 0.2) is 0 Å². The van der Waals surface area contributed by atoms with Gasteiger partial charge in [0.25, 0.3) is 0 Å². The Morgan fingerprint density at radius 2 is 2.09 bits per heavy atom. The molecule has 1 fully saturated rings. The van der Waals surface area contributed by atoms with Crippen molar-refractivity contribution in [1.82, 2.24) is 14.8 Å². The van der Waals surface area contributed by atoms with E-state index in [1.165, 1.54) is 0 Å². The SMILES string of the molecule is Cc1ccnc(NC(=O)CN(C)[C@H](C)C(=O)N2CCCC2)c1. The number of aryl methyl sites for hydroxylation is 1. The van der Waals surface area contributed by atoms with Crippen LogP contribution in [-0.4, -0.2) is 59.3 Å². The van der Waals surface area contributed by atoms with Crippen LogP contribution in [-0.2, 0) is 9.59 Å². The molecule has 120 valence electrons. The lowest BCUT2D eigenvalue weighted by Gasteiger charge is -2.27. The monoisotopic (exact) mass is 304 g/mol. The molecule has 0 spiro atoms. The lowest BCUT2D eigenvalue weighted by molar-refractivity contribution is -0.135. The molecular formula is C16H24N4O2. The van der Waals surface area contributed by atoms with Crippen LogP contribution in [0.25, 0.3) is 0 Å². The van der Waals surface area contributed by atoms with Crippen molar-refractivity contribution < 1.29 is 9.59 Å². The number of nitrogens with one attached hydrogen (secondary N) is 1. The highest BCUT2D eigenvalue weighted by Crippen LogP contribution is 2.11. The first-order valence-corrected chi connectivity index (χ1v) is 7.69. The molecule has 1 atom stereocenters. The Labute approximate surface area is 131 Å². The molecule has 0 aliphatic carbocycles. The fraction of sp³-hybridized carbons (Fsp3) is 0.562. The number of nitrogens with zero attached hydrogens (tertiary/aromatic N) is 3. The molecular weight excluding hydrogens is 280 g/mol. The van der Waals surface area contributed by atoms with E-state index in [9.17, 15) is 9.59 Å². The molecule has 0 radical (unpaired) electrons. The molecule has 1 aliphatic rings. The van der Waals surface area contributed by atoms with Crippen LogP contribution in [0, 0.1) is 6.92 Å². The molecule has 1 aromatic rings. The average molecular weight is 304 g/mol. The first-order chi connectivity index (χ1) is 10.5. The maximum absolute atomic E-state index is 12.3. The van der Waals surface area contributed by atoms with E-state index in [0.717, 1.165) is 31.5 Å². The van der Waals surface area contributed by atoms with E-state index >= 15 is 0 Å². The van der Waals surface area contributed by atoms with Crippen molar-refractivity contribution in [1.29, 1.82) is 0 Å². The summed E-state index contributed by atoms with van der Waals surface area (Å²) in [7, 11) is 1.79. The van der Waals surface area contributed by atoms with Gasteiger partial charge in [0.05, 0.1) is 12.6 Å². The second-order valence-corrected chi connectivity index (χ2v) is 5.89. The van der Waals surface area contributed by atoms with Gasteiger partial charge in [0.2, 0.25) is 11.8 Å². The predicted molar refractivity (Wildman–Crippen MR) is 85.5 cm³/mol. The van der Waals surface area contributed by atoms with Crippen LogP contribution >= 0.6 is 0 Å². The predicted octanol–water partition coefficient (Wildman–Crippen LogP) is 1.27. The van der Waals surface area contributed by atoms with Crippen LogP contribution in [0.3, 0.4) is 0 Å². The number of hydrogen-bond acceptors (Lipinski definition) is 4. The molecule has 2 rings (SSSR count). The van der Waals surface area contributed by atoms with Gasteiger partial charge < -0.3 is 10.2 Å². The molecule has 0 unspecified atom stereocenters. The molecule has 22 heavy (non-hydrogen) atoms. The summed E-state index contributed by atoms with van der Waals surface area (Å²) in [5.41, 5.74) is 1.04. The van der Waals surface area contributed by atoms with Gasteiger partial charge >= 0.3 is 0 Å². The minimum absolute atomic E-state index is 0.0986. The van der Waals surface area contributed by atoms with E-state index in [-0.39, 0.29) is 24.4 Å². The van der Waals surface area contributed by atoms with Crippen molar-refractivity contribution in [2.24, 2.45) is 0 Å². The standard InChI is InChI=1S/C16H24N4O2/c1-12-6-7-17-14(10-12)18-15(21)11-19(3)13(2)16(22)20-8-4-5-9-20/h6-7,10,13H,4-5,8-9,11H2,1-3H3,(H,17,18,21)/t13-/m1/s1. The average Bonchev–Trinajstić information content (AvgIpc) is 2.99. The zero-order valence-corrected chi connectivity index (χ0v) is 13.5. The van der Waals surface area contributed by atoms with Crippen LogP contribution in [0.4, 0.5) is 5.82 Å². The largest absolute Gasteiger partial charge is 0.341 e. The third kappa shape index (κ3) is 4.27. The summed E-state index contributed by atoms with van der Waals surface area (Å²) >= 11 is 0. The lowest BCUT2D eigenvalue weighted by Crippen LogP contribution is -2.46. The Balaban J connectivity index is 1.86. The van der Waals surface area contributed by atoms with E-state index in [1.807, 2.05) is 30.9 Å². The topological polar surface area (TPSA) is 65.5 Å². The van der Waals surface area contributed by atoms with Crippen molar-refractivity contribution >= 4 is 17.6 Å². The third-order valence-electron chi connectivity index (χ3n) is 4.01. The molecule has 1 aromatic heterocycles. The van der Waals surface area contributed by atoms with E-state index in [0.29, 0.717) is 5.82 Å². The number of carbonyl (C=O) groups excluding carboxylic acids is 2. The number of aromatic nitrogens is 1. The molecule has 1 saturated heterocycles. The summed E-state index contributed by atoms with van der Waals surface area (Å²) in [6.45, 7) is 5.61. The van der Waals surface area contributed by atoms with Crippen LogP contribution in [0.2, 0.25) is 0 Å². The summed E-state index contributed by atoms with van der Waals surface area (Å²) in [5.74, 6) is 0.472. The minimum atomic E-state index is -0.297. The third-order valence-corrected chi connectivity index (χ3v) is 4.01. The first-order valence-electron chi connectivity index (χ1n) is 7.69. The van der Waals surface area contributed by atoms with E-state index < -0.39 is 0 Å². The molecule has 1 N–H and O–H groups in total. The smallest absolute Gasteiger partial charge is 0.239 e. The van der Waals surface area contributed by atoms with Crippen LogP contribution in [0.5, 0.6) is 0 Å². The molecule has 0 bridgehead atoms. The van der Waals surface area contributed by atoms with E-state index in [1.54, 1.807) is 18.1 Å². The molecule has 0 saturated carbocycles. The fourth-order valence-electron chi connectivity index (χ4n) is 2.54. The highest BCUT2D eigenvalue weighted by atomic mass is 16.2. The number of likely N-dealkylation sites (N-methyl/N-ethyl adjacent to an activating group) is 1. The van der Waals surface area contributed by atoms with Crippen LogP contribution < -0.4 is 5.32 Å². The maximum atomic E-state index is 12.3. The Morgan fingerprint density at radius 1 is 1.41 bits per heavy atom. The zero-order chi connectivity index (χ0) is 16.1. The maximum Gasteiger partial charge on any atom is 0.239 e. The highest BCUT2D eigenvalue weighted by molar-refractivity contribution is 5.92. The molecule has 2 amide bonds. The van der Waals surface area contributed by atoms with Crippen molar-refractivity contribution in [3.05, 3.63) is 23.9 Å². The van der Waals surface area contributed by atoms with Crippen LogP contribution in [0.15, 0.2) is 18.3 Å². The molecule has 1 aliphatic heterocycles. The molecule has 2 heterocycles. The quantitative estimate of drug-likeness (QED) is 0.890. The van der Waals surface area contributed by atoms with Gasteiger partial charge in [0.1, 0.15) is 5.82 Å². The normalized spacial score (nSPS) is 15.9. The summed E-state index contributed by atoms with van der Waals surface area (Å²) < 4.78 is 0. The van der Waals surface area contributed by atoms with Gasteiger partial charge in [-0.05, 0) is 51.4 Å². The van der Waals surface area contributed by atoms with Gasteiger partial charge in [-0.25, -0.2) is 4.98 Å². The summed E-state index contributed by atoms with van der Waals surface area (Å²) in [6.07, 6.45) is 3.80. The van der Waals surface area contributed by atoms with Gasteiger partial charge in [0, 0.05) is 19.3 Å². The van der Waals surface area contributed by atoms with E-state index in [2.05, 4.69) is 10.3 Å². The summed E-state index contributed by atoms with van der Waals surface area (Å²) in [5, 5.41) is 2.76. The van der Waals surface area contributed by atoms with Crippen molar-refractivity contribution in [3.63, 3.8) is 0 Å². The highest BCUT2D eigenvalue weighted by Gasteiger charge is 2.26. The second-order valence-electron chi connectivity index (χ2n) is 5.89. The number of rotatable bonds is 5. The Morgan fingerprint density at radius 3 is 2.73 bits per heavy atom. The van der Waals surface area contributed by atoms with Gasteiger partial charge in [-0.3, -0.25) is 14.5 Å². The van der Waals surface area contributed by atoms with Crippen molar-refractivity contribution in [2.75, 3.05) is 32.0 Å². The number of pyridine rings is 1. The molecule has 0 aromatic carbocycles. The number of carbonyl (C=O) groups is 2. The van der Waals surface area contributed by atoms with Crippen molar-refractivity contribution in [3.8, 4) is 0 Å². The number of amides is 2. The van der Waals surface area contributed by atoms with Gasteiger partial charge in [-0.2, -0.15) is 0 Å². The number of hydrogen-bond donors (Lipinski definition) is 1. The fourth-order valence-corrected chi connectivity index (χ4v) is 2.54. The van der Waals surface area contributed by atoms with Gasteiger partial charge in [-0.15, -0.1) is 0 Å². The van der Waals surface area contributed by atoms with E-state index in [4.69, 9.17) is 0 Å². The minimum Gasteiger partial charge on any atom is -0.341 e. The first kappa shape index (κ1) is 16.4. The number of likely N-dealkylation sites (tertiary alicyclic amines) is 1. The Kier molecular flexibility index (Phi) is 5.49. The van der Waals surface area contributed by atoms with Crippen molar-refractivity contribution in [2.45, 2.75) is 32.7 Å². The second kappa shape index (κ2) is 7.35. The zero-order valence-electron chi connectivity index (χ0n) is 13.5. The Bertz CT molecular complexity index is 541. The number of anilines is 1. The molecule has 6 nitrogen and oxygen atoms in total. The summed E-state index contributed by atoms with van der Waals surface area (Å²) in [4.78, 5) is 32.1. The molecule has 6 heteroatoms. The van der Waals surface area contributed by atoms with Gasteiger partial charge in [-0.1, -0.05) is 0 Å².